The third-order valence-electron chi connectivity index (χ3n) is 5.08. The summed E-state index contributed by atoms with van der Waals surface area (Å²) >= 11 is 0. The van der Waals surface area contributed by atoms with Gasteiger partial charge in [0.2, 0.25) is 0 Å². The number of carbonyl (C=O) groups is 1. The highest BCUT2D eigenvalue weighted by Crippen LogP contribution is 2.25. The van der Waals surface area contributed by atoms with Gasteiger partial charge in [-0.15, -0.1) is 0 Å². The Morgan fingerprint density at radius 2 is 1.53 bits per heavy atom. The van der Waals surface area contributed by atoms with Crippen LogP contribution in [0.5, 0.6) is 0 Å². The maximum Gasteiger partial charge on any atom is 0.264 e. The van der Waals surface area contributed by atoms with E-state index in [2.05, 4.69) is 0 Å². The summed E-state index contributed by atoms with van der Waals surface area (Å²) in [5, 5.41) is 0. The van der Waals surface area contributed by atoms with Gasteiger partial charge >= 0.3 is 0 Å². The molecule has 0 aliphatic rings. The molecule has 1 amide bonds. The number of sulfonamides is 1. The number of nitrogens with zero attached hydrogens (tertiary/aromatic N) is 2. The van der Waals surface area contributed by atoms with E-state index >= 15 is 0 Å². The van der Waals surface area contributed by atoms with Crippen LogP contribution < -0.4 is 4.31 Å². The van der Waals surface area contributed by atoms with Crippen molar-refractivity contribution in [1.29, 1.82) is 0 Å². The monoisotopic (exact) mass is 422 g/mol. The summed E-state index contributed by atoms with van der Waals surface area (Å²) in [5.74, 6) is -0.230. The fourth-order valence-electron chi connectivity index (χ4n) is 3.25. The van der Waals surface area contributed by atoms with Gasteiger partial charge in [0.15, 0.2) is 0 Å². The minimum absolute atomic E-state index is 0.0860. The van der Waals surface area contributed by atoms with Crippen LogP contribution in [-0.2, 0) is 16.6 Å². The fourth-order valence-corrected chi connectivity index (χ4v) is 4.56. The second kappa shape index (κ2) is 8.71. The molecule has 3 aromatic rings. The molecule has 0 aliphatic heterocycles. The molecule has 0 bridgehead atoms. The molecule has 0 fully saturated rings. The van der Waals surface area contributed by atoms with Crippen LogP contribution in [0, 0.1) is 13.8 Å². The number of hydrogen-bond acceptors (Lipinski definition) is 3. The van der Waals surface area contributed by atoms with E-state index in [0.29, 0.717) is 17.8 Å². The van der Waals surface area contributed by atoms with E-state index in [0.717, 1.165) is 16.7 Å². The van der Waals surface area contributed by atoms with Crippen molar-refractivity contribution in [3.8, 4) is 0 Å². The van der Waals surface area contributed by atoms with Crippen LogP contribution in [0.2, 0.25) is 0 Å². The van der Waals surface area contributed by atoms with Crippen LogP contribution in [0.3, 0.4) is 0 Å². The first kappa shape index (κ1) is 21.6. The molecule has 156 valence electrons. The lowest BCUT2D eigenvalue weighted by atomic mass is 10.1. The Kier molecular flexibility index (Phi) is 6.27. The van der Waals surface area contributed by atoms with Crippen molar-refractivity contribution < 1.29 is 13.2 Å². The average Bonchev–Trinajstić information content (AvgIpc) is 2.74. The van der Waals surface area contributed by atoms with Gasteiger partial charge in [-0.05, 0) is 49.2 Å². The quantitative estimate of drug-likeness (QED) is 0.592. The molecule has 6 heteroatoms. The number of benzene rings is 3. The first-order valence-electron chi connectivity index (χ1n) is 9.66. The molecule has 3 aromatic carbocycles. The first-order valence-corrected chi connectivity index (χ1v) is 11.1. The number of hydrogen-bond donors (Lipinski definition) is 0. The van der Waals surface area contributed by atoms with E-state index in [9.17, 15) is 13.2 Å². The van der Waals surface area contributed by atoms with Crippen molar-refractivity contribution in [3.63, 3.8) is 0 Å². The molecule has 5 nitrogen and oxygen atoms in total. The van der Waals surface area contributed by atoms with Gasteiger partial charge < -0.3 is 4.90 Å². The smallest absolute Gasteiger partial charge is 0.264 e. The van der Waals surface area contributed by atoms with Crippen LogP contribution in [-0.4, -0.2) is 33.3 Å². The number of anilines is 1. The number of para-hydroxylation sites is 1. The molecule has 0 saturated carbocycles. The lowest BCUT2D eigenvalue weighted by Gasteiger charge is -2.22. The van der Waals surface area contributed by atoms with Crippen LogP contribution in [0.4, 0.5) is 5.69 Å². The second-order valence-electron chi connectivity index (χ2n) is 7.43. The SMILES string of the molecule is Cc1ccc(CN(C)C(=O)c2cccc(S(=O)(=O)N(C)c3ccccc3C)c2)cc1. The van der Waals surface area contributed by atoms with Crippen molar-refractivity contribution in [1.82, 2.24) is 4.90 Å². The van der Waals surface area contributed by atoms with Gasteiger partial charge in [0.05, 0.1) is 10.6 Å². The highest BCUT2D eigenvalue weighted by atomic mass is 32.2. The summed E-state index contributed by atoms with van der Waals surface area (Å²) in [5.41, 5.74) is 3.96. The van der Waals surface area contributed by atoms with Gasteiger partial charge in [-0.2, -0.15) is 0 Å². The average molecular weight is 423 g/mol. The van der Waals surface area contributed by atoms with Gasteiger partial charge in [-0.25, -0.2) is 8.42 Å². The Bertz CT molecular complexity index is 1160. The third-order valence-corrected chi connectivity index (χ3v) is 6.85. The molecular formula is C24H26N2O3S. The van der Waals surface area contributed by atoms with Crippen molar-refractivity contribution in [2.24, 2.45) is 0 Å². The summed E-state index contributed by atoms with van der Waals surface area (Å²) in [6, 6.07) is 21.5. The molecule has 0 spiro atoms. The Labute approximate surface area is 178 Å². The van der Waals surface area contributed by atoms with Gasteiger partial charge in [0, 0.05) is 26.2 Å². The topological polar surface area (TPSA) is 57.7 Å². The summed E-state index contributed by atoms with van der Waals surface area (Å²) in [4.78, 5) is 14.6. The zero-order valence-corrected chi connectivity index (χ0v) is 18.5. The van der Waals surface area contributed by atoms with Crippen LogP contribution in [0.25, 0.3) is 0 Å². The molecular weight excluding hydrogens is 396 g/mol. The third kappa shape index (κ3) is 4.54. The lowest BCUT2D eigenvalue weighted by molar-refractivity contribution is 0.0785. The Morgan fingerprint density at radius 1 is 0.867 bits per heavy atom. The van der Waals surface area contributed by atoms with Gasteiger partial charge in [0.1, 0.15) is 0 Å². The maximum atomic E-state index is 13.2. The van der Waals surface area contributed by atoms with Crippen LogP contribution in [0.15, 0.2) is 77.7 Å². The molecule has 0 heterocycles. The minimum Gasteiger partial charge on any atom is -0.337 e. The normalized spacial score (nSPS) is 11.2. The van der Waals surface area contributed by atoms with Crippen molar-refractivity contribution in [2.45, 2.75) is 25.3 Å². The second-order valence-corrected chi connectivity index (χ2v) is 9.40. The summed E-state index contributed by atoms with van der Waals surface area (Å²) in [6.07, 6.45) is 0. The highest BCUT2D eigenvalue weighted by molar-refractivity contribution is 7.92. The lowest BCUT2D eigenvalue weighted by Crippen LogP contribution is -2.28. The first-order chi connectivity index (χ1) is 14.2. The molecule has 0 atom stereocenters. The standard InChI is InChI=1S/C24H26N2O3S/c1-18-12-14-20(15-13-18)17-25(3)24(27)21-9-7-10-22(16-21)30(28,29)26(4)23-11-6-5-8-19(23)2/h5-16H,17H2,1-4H3. The van der Waals surface area contributed by atoms with Crippen molar-refractivity contribution in [3.05, 3.63) is 95.1 Å². The fraction of sp³-hybridized carbons (Fsp3) is 0.208. The molecule has 0 saturated heterocycles. The maximum absolute atomic E-state index is 13.2. The zero-order chi connectivity index (χ0) is 21.9. The summed E-state index contributed by atoms with van der Waals surface area (Å²) in [7, 11) is -0.563. The molecule has 0 aromatic heterocycles. The molecule has 0 aliphatic carbocycles. The van der Waals surface area contributed by atoms with Gasteiger partial charge in [-0.3, -0.25) is 9.10 Å². The molecule has 0 radical (unpaired) electrons. The Morgan fingerprint density at radius 3 is 2.20 bits per heavy atom. The van der Waals surface area contributed by atoms with E-state index in [-0.39, 0.29) is 10.8 Å². The van der Waals surface area contributed by atoms with Gasteiger partial charge in [0.25, 0.3) is 15.9 Å². The minimum atomic E-state index is -3.80. The predicted octanol–water partition coefficient (Wildman–Crippen LogP) is 4.40. The molecule has 3 rings (SSSR count). The number of rotatable bonds is 6. The molecule has 30 heavy (non-hydrogen) atoms. The van der Waals surface area contributed by atoms with Crippen LogP contribution in [0.1, 0.15) is 27.0 Å². The number of amides is 1. The van der Waals surface area contributed by atoms with Crippen molar-refractivity contribution >= 4 is 21.6 Å². The Balaban J connectivity index is 1.85. The van der Waals surface area contributed by atoms with E-state index in [4.69, 9.17) is 0 Å². The molecule has 0 unspecified atom stereocenters. The van der Waals surface area contributed by atoms with E-state index in [1.165, 1.54) is 23.5 Å². The van der Waals surface area contributed by atoms with Crippen LogP contribution >= 0.6 is 0 Å². The predicted molar refractivity (Wildman–Crippen MR) is 120 cm³/mol. The van der Waals surface area contributed by atoms with Crippen molar-refractivity contribution in [2.75, 3.05) is 18.4 Å². The van der Waals surface area contributed by atoms with Gasteiger partial charge in [-0.1, -0.05) is 54.1 Å². The zero-order valence-electron chi connectivity index (χ0n) is 17.7. The molecule has 0 N–H and O–H groups in total. The number of aryl methyl sites for hydroxylation is 2. The highest BCUT2D eigenvalue weighted by Gasteiger charge is 2.24. The van der Waals surface area contributed by atoms with E-state index < -0.39 is 10.0 Å². The van der Waals surface area contributed by atoms with E-state index in [1.807, 2.05) is 50.2 Å². The summed E-state index contributed by atoms with van der Waals surface area (Å²) < 4.78 is 27.6. The Hall–Kier alpha value is -3.12. The number of carbonyl (C=O) groups excluding carboxylic acids is 1. The largest absolute Gasteiger partial charge is 0.337 e. The summed E-state index contributed by atoms with van der Waals surface area (Å²) in [6.45, 7) is 4.32. The van der Waals surface area contributed by atoms with E-state index in [1.54, 1.807) is 36.2 Å².